The molecule has 0 N–H and O–H groups in total. The molecule has 6 heteroatoms. The summed E-state index contributed by atoms with van der Waals surface area (Å²) in [6, 6.07) is 13.2. The summed E-state index contributed by atoms with van der Waals surface area (Å²) in [5, 5.41) is 6.94. The molecule has 0 aliphatic heterocycles. The fourth-order valence-corrected chi connectivity index (χ4v) is 4.16. The van der Waals surface area contributed by atoms with E-state index < -0.39 is 0 Å². The Balaban J connectivity index is 1.54. The van der Waals surface area contributed by atoms with Crippen LogP contribution in [0.5, 0.6) is 0 Å². The molecular weight excluding hydrogens is 346 g/mol. The van der Waals surface area contributed by atoms with E-state index in [4.69, 9.17) is 19.6 Å². The first-order chi connectivity index (χ1) is 12.8. The van der Waals surface area contributed by atoms with Crippen molar-refractivity contribution in [1.29, 1.82) is 0 Å². The molecule has 2 aromatic heterocycles. The Hall–Kier alpha value is -2.02. The molecule has 0 saturated carbocycles. The quantitative estimate of drug-likeness (QED) is 0.571. The van der Waals surface area contributed by atoms with Crippen LogP contribution >= 0.6 is 11.3 Å². The largest absolute Gasteiger partial charge is 0.382 e. The van der Waals surface area contributed by atoms with Crippen molar-refractivity contribution in [2.45, 2.75) is 31.9 Å². The van der Waals surface area contributed by atoms with Gasteiger partial charge < -0.3 is 9.47 Å². The second kappa shape index (κ2) is 8.12. The van der Waals surface area contributed by atoms with Crippen molar-refractivity contribution in [3.63, 3.8) is 0 Å². The minimum atomic E-state index is 0.318. The topological polar surface area (TPSA) is 49.2 Å². The number of rotatable bonds is 8. The Kier molecular flexibility index (Phi) is 5.43. The SMILES string of the molecule is COCCOCc1nc(Cc2cccs2)nn1C1Cc2ccccc2C1. The standard InChI is InChI=1S/C20H23N3O2S/c1-24-8-9-25-14-20-21-19(13-18-7-4-10-26-18)22-23(20)17-11-15-5-2-3-6-16(15)12-17/h2-7,10,17H,8-9,11-14H2,1H3. The molecule has 0 unspecified atom stereocenters. The first-order valence-corrected chi connectivity index (χ1v) is 9.81. The second-order valence-corrected chi connectivity index (χ2v) is 7.55. The lowest BCUT2D eigenvalue weighted by atomic mass is 10.1. The van der Waals surface area contributed by atoms with Gasteiger partial charge in [-0.3, -0.25) is 0 Å². The molecule has 1 aromatic carbocycles. The average molecular weight is 369 g/mol. The lowest BCUT2D eigenvalue weighted by Crippen LogP contribution is -2.16. The number of benzene rings is 1. The van der Waals surface area contributed by atoms with Gasteiger partial charge in [0.2, 0.25) is 0 Å². The number of methoxy groups -OCH3 is 1. The first-order valence-electron chi connectivity index (χ1n) is 8.93. The van der Waals surface area contributed by atoms with Crippen molar-refractivity contribution in [3.8, 4) is 0 Å². The van der Waals surface area contributed by atoms with Gasteiger partial charge in [0.1, 0.15) is 6.61 Å². The van der Waals surface area contributed by atoms with Gasteiger partial charge >= 0.3 is 0 Å². The molecule has 0 atom stereocenters. The van der Waals surface area contributed by atoms with Gasteiger partial charge in [-0.1, -0.05) is 30.3 Å². The lowest BCUT2D eigenvalue weighted by Gasteiger charge is -2.13. The fourth-order valence-electron chi connectivity index (χ4n) is 3.45. The van der Waals surface area contributed by atoms with Gasteiger partial charge in [0.25, 0.3) is 0 Å². The monoisotopic (exact) mass is 369 g/mol. The van der Waals surface area contributed by atoms with Gasteiger partial charge in [0.05, 0.1) is 19.3 Å². The highest BCUT2D eigenvalue weighted by molar-refractivity contribution is 7.09. The van der Waals surface area contributed by atoms with Crippen LogP contribution in [0, 0.1) is 0 Å². The molecule has 1 aliphatic rings. The van der Waals surface area contributed by atoms with Crippen molar-refractivity contribution < 1.29 is 9.47 Å². The smallest absolute Gasteiger partial charge is 0.156 e. The van der Waals surface area contributed by atoms with Gasteiger partial charge in [0, 0.05) is 18.4 Å². The van der Waals surface area contributed by atoms with E-state index in [9.17, 15) is 0 Å². The number of hydrogen-bond donors (Lipinski definition) is 0. The third kappa shape index (κ3) is 3.87. The van der Waals surface area contributed by atoms with Crippen LogP contribution in [0.1, 0.15) is 33.7 Å². The third-order valence-corrected chi connectivity index (χ3v) is 5.57. The van der Waals surface area contributed by atoms with Crippen LogP contribution in [-0.2, 0) is 35.3 Å². The predicted molar refractivity (Wildman–Crippen MR) is 102 cm³/mol. The summed E-state index contributed by atoms with van der Waals surface area (Å²) in [5.74, 6) is 1.78. The van der Waals surface area contributed by atoms with E-state index in [0.717, 1.165) is 30.9 Å². The maximum Gasteiger partial charge on any atom is 0.156 e. The number of fused-ring (bicyclic) bond motifs is 1. The highest BCUT2D eigenvalue weighted by Crippen LogP contribution is 2.30. The summed E-state index contributed by atoms with van der Waals surface area (Å²) in [4.78, 5) is 6.06. The number of nitrogens with zero attached hydrogens (tertiary/aromatic N) is 3. The first kappa shape index (κ1) is 17.4. The van der Waals surface area contributed by atoms with E-state index in [-0.39, 0.29) is 0 Å². The highest BCUT2D eigenvalue weighted by Gasteiger charge is 2.26. The van der Waals surface area contributed by atoms with Crippen molar-refractivity contribution >= 4 is 11.3 Å². The second-order valence-electron chi connectivity index (χ2n) is 6.52. The van der Waals surface area contributed by atoms with Crippen LogP contribution in [0.4, 0.5) is 0 Å². The van der Waals surface area contributed by atoms with Crippen LogP contribution in [0.2, 0.25) is 0 Å². The normalized spacial score (nSPS) is 14.0. The molecule has 26 heavy (non-hydrogen) atoms. The van der Waals surface area contributed by atoms with E-state index in [1.54, 1.807) is 18.4 Å². The molecule has 0 radical (unpaired) electrons. The van der Waals surface area contributed by atoms with E-state index >= 15 is 0 Å². The van der Waals surface area contributed by atoms with Crippen LogP contribution in [0.25, 0.3) is 0 Å². The molecular formula is C20H23N3O2S. The summed E-state index contributed by atoms with van der Waals surface area (Å²) in [6.07, 6.45) is 2.78. The van der Waals surface area contributed by atoms with Crippen LogP contribution in [0.3, 0.4) is 0 Å². The Morgan fingerprint density at radius 1 is 1.12 bits per heavy atom. The van der Waals surface area contributed by atoms with Crippen LogP contribution < -0.4 is 0 Å². The van der Waals surface area contributed by atoms with Crippen molar-refractivity contribution in [2.75, 3.05) is 20.3 Å². The number of thiophene rings is 1. The molecule has 2 heterocycles. The average Bonchev–Trinajstić information content (AvgIpc) is 3.38. The third-order valence-electron chi connectivity index (χ3n) is 4.70. The predicted octanol–water partition coefficient (Wildman–Crippen LogP) is 3.43. The maximum absolute atomic E-state index is 5.74. The molecule has 136 valence electrons. The Labute approximate surface area is 157 Å². The van der Waals surface area contributed by atoms with E-state index in [1.807, 2.05) is 0 Å². The van der Waals surface area contributed by atoms with Gasteiger partial charge in [-0.25, -0.2) is 9.67 Å². The molecule has 1 aliphatic carbocycles. The Bertz CT molecular complexity index is 820. The number of hydrogen-bond acceptors (Lipinski definition) is 5. The summed E-state index contributed by atoms with van der Waals surface area (Å²) >= 11 is 1.74. The molecule has 0 bridgehead atoms. The molecule has 3 aromatic rings. The molecule has 0 spiro atoms. The minimum Gasteiger partial charge on any atom is -0.382 e. The summed E-state index contributed by atoms with van der Waals surface area (Å²) in [7, 11) is 1.68. The number of aromatic nitrogens is 3. The zero-order valence-electron chi connectivity index (χ0n) is 14.9. The van der Waals surface area contributed by atoms with Gasteiger partial charge in [-0.05, 0) is 35.4 Å². The summed E-state index contributed by atoms with van der Waals surface area (Å²) in [5.41, 5.74) is 2.83. The molecule has 5 nitrogen and oxygen atoms in total. The lowest BCUT2D eigenvalue weighted by molar-refractivity contribution is 0.0562. The molecule has 4 rings (SSSR count). The van der Waals surface area contributed by atoms with Gasteiger partial charge in [-0.15, -0.1) is 11.3 Å². The van der Waals surface area contributed by atoms with Crippen molar-refractivity contribution in [3.05, 3.63) is 69.4 Å². The summed E-state index contributed by atoms with van der Waals surface area (Å²) < 4.78 is 12.9. The highest BCUT2D eigenvalue weighted by atomic mass is 32.1. The van der Waals surface area contributed by atoms with E-state index in [0.29, 0.717) is 25.9 Å². The van der Waals surface area contributed by atoms with Crippen molar-refractivity contribution in [1.82, 2.24) is 14.8 Å². The molecule has 0 amide bonds. The number of ether oxygens (including phenoxy) is 2. The Morgan fingerprint density at radius 3 is 2.62 bits per heavy atom. The van der Waals surface area contributed by atoms with E-state index in [1.165, 1.54) is 16.0 Å². The molecule has 0 fully saturated rings. The molecule has 0 saturated heterocycles. The fraction of sp³-hybridized carbons (Fsp3) is 0.400. The maximum atomic E-state index is 5.74. The van der Waals surface area contributed by atoms with Crippen LogP contribution in [0.15, 0.2) is 41.8 Å². The minimum absolute atomic E-state index is 0.318. The zero-order valence-corrected chi connectivity index (χ0v) is 15.7. The van der Waals surface area contributed by atoms with E-state index in [2.05, 4.69) is 46.5 Å². The van der Waals surface area contributed by atoms with Gasteiger partial charge in [0.15, 0.2) is 11.6 Å². The summed E-state index contributed by atoms with van der Waals surface area (Å²) in [6.45, 7) is 1.62. The van der Waals surface area contributed by atoms with Crippen LogP contribution in [-0.4, -0.2) is 35.1 Å². The zero-order chi connectivity index (χ0) is 17.8. The van der Waals surface area contributed by atoms with Gasteiger partial charge in [-0.2, -0.15) is 5.10 Å². The van der Waals surface area contributed by atoms with Crippen molar-refractivity contribution in [2.24, 2.45) is 0 Å². The Morgan fingerprint density at radius 2 is 1.92 bits per heavy atom.